The van der Waals surface area contributed by atoms with Crippen LogP contribution in [0.2, 0.25) is 0 Å². The highest BCUT2D eigenvalue weighted by Gasteiger charge is 2.19. The van der Waals surface area contributed by atoms with Crippen molar-refractivity contribution < 1.29 is 12.8 Å². The Morgan fingerprint density at radius 3 is 2.45 bits per heavy atom. The Balaban J connectivity index is 2.07. The van der Waals surface area contributed by atoms with Crippen LogP contribution in [0.15, 0.2) is 36.7 Å². The van der Waals surface area contributed by atoms with Crippen molar-refractivity contribution in [3.8, 4) is 0 Å². The summed E-state index contributed by atoms with van der Waals surface area (Å²) in [6, 6.07) is 5.47. The molecule has 0 aliphatic heterocycles. The zero-order valence-corrected chi connectivity index (χ0v) is 12.1. The number of halogens is 1. The quantitative estimate of drug-likeness (QED) is 0.841. The normalized spacial score (nSPS) is 12.0. The molecule has 0 spiro atoms. The highest BCUT2D eigenvalue weighted by atomic mass is 32.2. The molecule has 7 heteroatoms. The van der Waals surface area contributed by atoms with Gasteiger partial charge in [-0.1, -0.05) is 12.1 Å². The predicted molar refractivity (Wildman–Crippen MR) is 73.7 cm³/mol. The van der Waals surface area contributed by atoms with Gasteiger partial charge in [-0.15, -0.1) is 0 Å². The molecular formula is C13H16FN3O2S. The van der Waals surface area contributed by atoms with E-state index >= 15 is 0 Å². The van der Waals surface area contributed by atoms with Gasteiger partial charge in [0.1, 0.15) is 5.82 Å². The molecule has 0 saturated carbocycles. The van der Waals surface area contributed by atoms with Crippen LogP contribution in [0.25, 0.3) is 0 Å². The number of aromatic nitrogens is 2. The monoisotopic (exact) mass is 297 g/mol. The molecule has 0 aliphatic carbocycles. The maximum Gasteiger partial charge on any atom is 0.218 e. The Bertz CT molecular complexity index is 680. The topological polar surface area (TPSA) is 55.2 Å². The van der Waals surface area contributed by atoms with Gasteiger partial charge in [0.15, 0.2) is 0 Å². The fourth-order valence-corrected chi connectivity index (χ4v) is 2.99. The van der Waals surface area contributed by atoms with Gasteiger partial charge in [-0.05, 0) is 17.7 Å². The Kier molecular flexibility index (Phi) is 4.20. The molecule has 20 heavy (non-hydrogen) atoms. The summed E-state index contributed by atoms with van der Waals surface area (Å²) in [5.74, 6) is -0.529. The van der Waals surface area contributed by atoms with Crippen LogP contribution in [-0.4, -0.2) is 29.6 Å². The highest BCUT2D eigenvalue weighted by Crippen LogP contribution is 2.13. The summed E-state index contributed by atoms with van der Waals surface area (Å²) in [4.78, 5) is 0. The SMILES string of the molecule is CN(Cc1cnn(C)c1)S(=O)(=O)Cc1ccc(F)cc1. The maximum atomic E-state index is 12.8. The summed E-state index contributed by atoms with van der Waals surface area (Å²) in [6.45, 7) is 0.261. The van der Waals surface area contributed by atoms with Crippen molar-refractivity contribution in [3.05, 3.63) is 53.6 Å². The summed E-state index contributed by atoms with van der Waals surface area (Å²) in [5, 5.41) is 4.00. The van der Waals surface area contributed by atoms with E-state index in [2.05, 4.69) is 5.10 Å². The Morgan fingerprint density at radius 2 is 1.90 bits per heavy atom. The summed E-state index contributed by atoms with van der Waals surface area (Å²) in [6.07, 6.45) is 3.40. The Morgan fingerprint density at radius 1 is 1.25 bits per heavy atom. The lowest BCUT2D eigenvalue weighted by Gasteiger charge is -2.16. The van der Waals surface area contributed by atoms with E-state index in [-0.39, 0.29) is 18.1 Å². The van der Waals surface area contributed by atoms with E-state index in [0.717, 1.165) is 5.56 Å². The second-order valence-electron chi connectivity index (χ2n) is 4.66. The fourth-order valence-electron chi connectivity index (χ4n) is 1.81. The van der Waals surface area contributed by atoms with E-state index < -0.39 is 10.0 Å². The van der Waals surface area contributed by atoms with Crippen LogP contribution in [0, 0.1) is 5.82 Å². The standard InChI is InChI=1S/C13H16FN3O2S/c1-16-8-12(7-15-16)9-17(2)20(18,19)10-11-3-5-13(14)6-4-11/h3-8H,9-10H2,1-2H3. The van der Waals surface area contributed by atoms with Gasteiger partial charge in [0.2, 0.25) is 10.0 Å². The molecule has 0 saturated heterocycles. The van der Waals surface area contributed by atoms with E-state index in [1.807, 2.05) is 0 Å². The van der Waals surface area contributed by atoms with Crippen LogP contribution in [-0.2, 0) is 29.4 Å². The van der Waals surface area contributed by atoms with Crippen molar-refractivity contribution >= 4 is 10.0 Å². The van der Waals surface area contributed by atoms with Crippen molar-refractivity contribution in [2.24, 2.45) is 7.05 Å². The molecule has 0 unspecified atom stereocenters. The van der Waals surface area contributed by atoms with E-state index in [4.69, 9.17) is 0 Å². The smallest absolute Gasteiger partial charge is 0.218 e. The molecule has 0 N–H and O–H groups in total. The molecule has 0 fully saturated rings. The molecule has 108 valence electrons. The average Bonchev–Trinajstić information content (AvgIpc) is 2.77. The van der Waals surface area contributed by atoms with E-state index in [9.17, 15) is 12.8 Å². The van der Waals surface area contributed by atoms with Crippen molar-refractivity contribution in [2.45, 2.75) is 12.3 Å². The first-order valence-electron chi connectivity index (χ1n) is 6.03. The molecule has 0 bridgehead atoms. The summed E-state index contributed by atoms with van der Waals surface area (Å²) in [7, 11) is -0.147. The van der Waals surface area contributed by atoms with Gasteiger partial charge in [-0.3, -0.25) is 4.68 Å². The zero-order chi connectivity index (χ0) is 14.8. The van der Waals surface area contributed by atoms with Crippen molar-refractivity contribution in [1.82, 2.24) is 14.1 Å². The first kappa shape index (κ1) is 14.7. The summed E-state index contributed by atoms with van der Waals surface area (Å²) in [5.41, 5.74) is 1.38. The van der Waals surface area contributed by atoms with E-state index in [0.29, 0.717) is 5.56 Å². The van der Waals surface area contributed by atoms with Gasteiger partial charge in [0.25, 0.3) is 0 Å². The van der Waals surface area contributed by atoms with Gasteiger partial charge in [-0.2, -0.15) is 5.10 Å². The molecule has 0 radical (unpaired) electrons. The number of hydrogen-bond donors (Lipinski definition) is 0. The molecule has 5 nitrogen and oxygen atoms in total. The van der Waals surface area contributed by atoms with Crippen LogP contribution in [0.4, 0.5) is 4.39 Å². The number of sulfonamides is 1. The van der Waals surface area contributed by atoms with Crippen LogP contribution >= 0.6 is 0 Å². The van der Waals surface area contributed by atoms with Gasteiger partial charge >= 0.3 is 0 Å². The fraction of sp³-hybridized carbons (Fsp3) is 0.308. The van der Waals surface area contributed by atoms with Gasteiger partial charge in [0.05, 0.1) is 11.9 Å². The van der Waals surface area contributed by atoms with Crippen LogP contribution in [0.5, 0.6) is 0 Å². The average molecular weight is 297 g/mol. The number of aryl methyl sites for hydroxylation is 1. The molecule has 0 amide bonds. The first-order chi connectivity index (χ1) is 9.37. The minimum Gasteiger partial charge on any atom is -0.275 e. The first-order valence-corrected chi connectivity index (χ1v) is 7.64. The largest absolute Gasteiger partial charge is 0.275 e. The lowest BCUT2D eigenvalue weighted by Crippen LogP contribution is -2.27. The summed E-state index contributed by atoms with van der Waals surface area (Å²) < 4.78 is 40.1. The van der Waals surface area contributed by atoms with Crippen molar-refractivity contribution in [3.63, 3.8) is 0 Å². The molecule has 0 atom stereocenters. The second kappa shape index (κ2) is 5.72. The zero-order valence-electron chi connectivity index (χ0n) is 11.3. The molecule has 0 aliphatic rings. The van der Waals surface area contributed by atoms with Crippen LogP contribution in [0.3, 0.4) is 0 Å². The lowest BCUT2D eigenvalue weighted by atomic mass is 10.2. The second-order valence-corrected chi connectivity index (χ2v) is 6.74. The van der Waals surface area contributed by atoms with Crippen LogP contribution in [0.1, 0.15) is 11.1 Å². The third-order valence-electron chi connectivity index (χ3n) is 2.90. The minimum atomic E-state index is -3.44. The third-order valence-corrected chi connectivity index (χ3v) is 4.68. The Hall–Kier alpha value is -1.73. The number of rotatable bonds is 5. The molecular weight excluding hydrogens is 281 g/mol. The maximum absolute atomic E-state index is 12.8. The summed E-state index contributed by atoms with van der Waals surface area (Å²) >= 11 is 0. The molecule has 1 heterocycles. The van der Waals surface area contributed by atoms with Gasteiger partial charge in [-0.25, -0.2) is 17.1 Å². The molecule has 2 rings (SSSR count). The lowest BCUT2D eigenvalue weighted by molar-refractivity contribution is 0.465. The predicted octanol–water partition coefficient (Wildman–Crippen LogP) is 1.52. The van der Waals surface area contributed by atoms with Gasteiger partial charge in [0, 0.05) is 32.4 Å². The third kappa shape index (κ3) is 3.64. The van der Waals surface area contributed by atoms with E-state index in [1.165, 1.54) is 35.6 Å². The Labute approximate surface area is 117 Å². The van der Waals surface area contributed by atoms with Crippen LogP contribution < -0.4 is 0 Å². The molecule has 1 aromatic heterocycles. The highest BCUT2D eigenvalue weighted by molar-refractivity contribution is 7.88. The van der Waals surface area contributed by atoms with Crippen molar-refractivity contribution in [2.75, 3.05) is 7.05 Å². The molecule has 1 aromatic carbocycles. The molecule has 2 aromatic rings. The van der Waals surface area contributed by atoms with Gasteiger partial charge < -0.3 is 0 Å². The van der Waals surface area contributed by atoms with Crippen molar-refractivity contribution in [1.29, 1.82) is 0 Å². The number of nitrogens with zero attached hydrogens (tertiary/aromatic N) is 3. The minimum absolute atomic E-state index is 0.149. The number of benzene rings is 1. The van der Waals surface area contributed by atoms with E-state index in [1.54, 1.807) is 24.1 Å². The number of hydrogen-bond acceptors (Lipinski definition) is 3.